The van der Waals surface area contributed by atoms with Gasteiger partial charge in [-0.25, -0.2) is 0 Å². The number of carbonyl (C=O) groups excluding carboxylic acids is 2. The van der Waals surface area contributed by atoms with Crippen LogP contribution in [0.2, 0.25) is 18.1 Å². The third-order valence-corrected chi connectivity index (χ3v) is 8.97. The van der Waals surface area contributed by atoms with Gasteiger partial charge in [0.05, 0.1) is 6.10 Å². The summed E-state index contributed by atoms with van der Waals surface area (Å²) in [6.07, 6.45) is 11.9. The average Bonchev–Trinajstić information content (AvgIpc) is 2.52. The number of rotatable bonds is 11. The van der Waals surface area contributed by atoms with Crippen molar-refractivity contribution in [2.24, 2.45) is 0 Å². The van der Waals surface area contributed by atoms with E-state index < -0.39 is 8.32 Å². The molecule has 0 aromatic carbocycles. The zero-order valence-corrected chi connectivity index (χ0v) is 18.8. The van der Waals surface area contributed by atoms with Crippen molar-refractivity contribution in [2.75, 3.05) is 13.9 Å². The molecule has 0 N–H and O–H groups in total. The van der Waals surface area contributed by atoms with Crippen LogP contribution in [-0.2, 0) is 23.5 Å². The summed E-state index contributed by atoms with van der Waals surface area (Å²) in [6.45, 7) is 16.1. The molecule has 152 valence electrons. The molecular formula is C20H38O5Si. The molecule has 0 rings (SSSR count). The second kappa shape index (κ2) is 15.1. The minimum Gasteiger partial charge on any atom is -0.414 e. The Bertz CT molecular complexity index is 432. The maximum absolute atomic E-state index is 8.12. The van der Waals surface area contributed by atoms with Crippen LogP contribution in [-0.4, -0.2) is 40.6 Å². The number of methoxy groups -OCH3 is 1. The molecule has 0 aromatic heterocycles. The second-order valence-electron chi connectivity index (χ2n) is 7.68. The number of hydrogen-bond donors (Lipinski definition) is 0. The Hall–Kier alpha value is -1.04. The van der Waals surface area contributed by atoms with E-state index in [0.717, 1.165) is 19.3 Å². The third kappa shape index (κ3) is 14.2. The Kier molecular flexibility index (Phi) is 15.7. The largest absolute Gasteiger partial charge is 0.414 e. The summed E-state index contributed by atoms with van der Waals surface area (Å²) >= 11 is 0. The predicted molar refractivity (Wildman–Crippen MR) is 107 cm³/mol. The van der Waals surface area contributed by atoms with Crippen molar-refractivity contribution in [1.29, 1.82) is 0 Å². The maximum Gasteiger partial charge on any atom is 0.373 e. The van der Waals surface area contributed by atoms with Crippen LogP contribution in [0.4, 0.5) is 0 Å². The molecular weight excluding hydrogens is 348 g/mol. The van der Waals surface area contributed by atoms with Gasteiger partial charge < -0.3 is 13.9 Å². The van der Waals surface area contributed by atoms with Gasteiger partial charge in [0.25, 0.3) is 0 Å². The SMILES string of the molecule is CC/C=C\C=C\[C@@H](CC[C@@H](C)O[Si](C)(C)C(C)(C)C)OCOC.O=C=O. The normalized spacial score (nSPS) is 14.8. The summed E-state index contributed by atoms with van der Waals surface area (Å²) in [6, 6.07) is 0. The van der Waals surface area contributed by atoms with Crippen molar-refractivity contribution < 1.29 is 23.5 Å². The smallest absolute Gasteiger partial charge is 0.373 e. The summed E-state index contributed by atoms with van der Waals surface area (Å²) in [7, 11) is -0.0425. The van der Waals surface area contributed by atoms with Crippen molar-refractivity contribution in [3.63, 3.8) is 0 Å². The molecule has 0 aliphatic heterocycles. The highest BCUT2D eigenvalue weighted by molar-refractivity contribution is 6.74. The predicted octanol–water partition coefficient (Wildman–Crippen LogP) is 5.10. The first-order valence-electron chi connectivity index (χ1n) is 9.16. The Labute approximate surface area is 160 Å². The third-order valence-electron chi connectivity index (χ3n) is 4.37. The Balaban J connectivity index is 0. The minimum atomic E-state index is -1.70. The number of allylic oxidation sites excluding steroid dienone is 3. The van der Waals surface area contributed by atoms with E-state index in [9.17, 15) is 0 Å². The summed E-state index contributed by atoms with van der Waals surface area (Å²) in [5, 5.41) is 0.248. The van der Waals surface area contributed by atoms with E-state index in [0.29, 0.717) is 6.79 Å². The van der Waals surface area contributed by atoms with Crippen LogP contribution in [0, 0.1) is 0 Å². The van der Waals surface area contributed by atoms with Gasteiger partial charge in [-0.3, -0.25) is 0 Å². The fourth-order valence-electron chi connectivity index (χ4n) is 1.93. The highest BCUT2D eigenvalue weighted by atomic mass is 28.4. The van der Waals surface area contributed by atoms with Crippen molar-refractivity contribution in [2.45, 2.75) is 84.2 Å². The summed E-state index contributed by atoms with van der Waals surface area (Å²) in [5.41, 5.74) is 0. The minimum absolute atomic E-state index is 0.0712. The summed E-state index contributed by atoms with van der Waals surface area (Å²) in [4.78, 5) is 16.2. The van der Waals surface area contributed by atoms with E-state index in [-0.39, 0.29) is 23.4 Å². The molecule has 6 heteroatoms. The lowest BCUT2D eigenvalue weighted by molar-refractivity contribution is -0.191. The first-order chi connectivity index (χ1) is 12.1. The molecule has 0 bridgehead atoms. The van der Waals surface area contributed by atoms with Gasteiger partial charge in [0.2, 0.25) is 0 Å². The van der Waals surface area contributed by atoms with Gasteiger partial charge >= 0.3 is 6.15 Å². The number of ether oxygens (including phenoxy) is 2. The molecule has 0 unspecified atom stereocenters. The van der Waals surface area contributed by atoms with E-state index in [1.165, 1.54) is 0 Å². The van der Waals surface area contributed by atoms with Gasteiger partial charge in [0.15, 0.2) is 8.32 Å². The lowest BCUT2D eigenvalue weighted by atomic mass is 10.1. The van der Waals surface area contributed by atoms with Crippen molar-refractivity contribution >= 4 is 14.5 Å². The van der Waals surface area contributed by atoms with E-state index in [4.69, 9.17) is 23.5 Å². The lowest BCUT2D eigenvalue weighted by Gasteiger charge is -2.38. The molecule has 0 saturated carbocycles. The molecule has 0 aliphatic carbocycles. The second-order valence-corrected chi connectivity index (χ2v) is 12.4. The van der Waals surface area contributed by atoms with Crippen molar-refractivity contribution in [3.05, 3.63) is 24.3 Å². The molecule has 0 radical (unpaired) electrons. The quantitative estimate of drug-likeness (QED) is 0.281. The fraction of sp³-hybridized carbons (Fsp3) is 0.750. The molecule has 26 heavy (non-hydrogen) atoms. The molecule has 0 saturated heterocycles. The maximum atomic E-state index is 8.12. The zero-order chi connectivity index (χ0) is 20.6. The van der Waals surface area contributed by atoms with Crippen LogP contribution in [0.25, 0.3) is 0 Å². The van der Waals surface area contributed by atoms with Gasteiger partial charge in [-0.1, -0.05) is 52.0 Å². The standard InChI is InChI=1S/C19H38O3Si.CO2/c1-9-10-11-12-13-18(21-16-20-6)15-14-17(2)22-23(7,8)19(3,4)5;2-1-3/h10-13,17-18H,9,14-16H2,1-8H3;/b11-10-,13-12+;/t17-,18+;/m1./s1. The molecule has 0 amide bonds. The first-order valence-corrected chi connectivity index (χ1v) is 12.1. The summed E-state index contributed by atoms with van der Waals surface area (Å²) in [5.74, 6) is 0. The van der Waals surface area contributed by atoms with Crippen LogP contribution in [0.3, 0.4) is 0 Å². The van der Waals surface area contributed by atoms with E-state index >= 15 is 0 Å². The van der Waals surface area contributed by atoms with Crippen molar-refractivity contribution in [3.8, 4) is 0 Å². The molecule has 2 atom stereocenters. The van der Waals surface area contributed by atoms with Crippen LogP contribution in [0.5, 0.6) is 0 Å². The molecule has 0 aromatic rings. The van der Waals surface area contributed by atoms with Crippen LogP contribution in [0.1, 0.15) is 53.9 Å². The molecule has 0 spiro atoms. The Morgan fingerprint density at radius 1 is 1.12 bits per heavy atom. The monoisotopic (exact) mass is 386 g/mol. The van der Waals surface area contributed by atoms with Gasteiger partial charge in [0.1, 0.15) is 6.79 Å². The van der Waals surface area contributed by atoms with Crippen molar-refractivity contribution in [1.82, 2.24) is 0 Å². The van der Waals surface area contributed by atoms with Gasteiger partial charge in [-0.05, 0) is 44.3 Å². The topological polar surface area (TPSA) is 61.8 Å². The lowest BCUT2D eigenvalue weighted by Crippen LogP contribution is -2.43. The first kappa shape index (κ1) is 27.2. The number of hydrogen-bond acceptors (Lipinski definition) is 5. The summed E-state index contributed by atoms with van der Waals surface area (Å²) < 4.78 is 17.2. The Morgan fingerprint density at radius 2 is 1.69 bits per heavy atom. The zero-order valence-electron chi connectivity index (χ0n) is 17.8. The molecule has 0 aliphatic rings. The van der Waals surface area contributed by atoms with Crippen LogP contribution < -0.4 is 0 Å². The van der Waals surface area contributed by atoms with Crippen LogP contribution >= 0.6 is 0 Å². The van der Waals surface area contributed by atoms with Gasteiger partial charge in [-0.15, -0.1) is 0 Å². The van der Waals surface area contributed by atoms with Gasteiger partial charge in [0, 0.05) is 13.2 Å². The Morgan fingerprint density at radius 3 is 2.15 bits per heavy atom. The van der Waals surface area contributed by atoms with E-state index in [1.54, 1.807) is 7.11 Å². The molecule has 5 nitrogen and oxygen atoms in total. The molecule has 0 heterocycles. The highest BCUT2D eigenvalue weighted by Gasteiger charge is 2.38. The average molecular weight is 387 g/mol. The van der Waals surface area contributed by atoms with E-state index in [2.05, 4.69) is 72.0 Å². The fourth-order valence-corrected chi connectivity index (χ4v) is 3.41. The van der Waals surface area contributed by atoms with E-state index in [1.807, 2.05) is 0 Å². The van der Waals surface area contributed by atoms with Crippen LogP contribution in [0.15, 0.2) is 24.3 Å². The highest BCUT2D eigenvalue weighted by Crippen LogP contribution is 2.37. The van der Waals surface area contributed by atoms with Gasteiger partial charge in [-0.2, -0.15) is 9.59 Å². The molecule has 0 fully saturated rings.